The molecule has 0 heterocycles. The minimum Gasteiger partial charge on any atom is -0.497 e. The van der Waals surface area contributed by atoms with E-state index >= 15 is 0 Å². The van der Waals surface area contributed by atoms with E-state index in [-0.39, 0.29) is 5.56 Å². The normalized spacial score (nSPS) is 13.9. The van der Waals surface area contributed by atoms with Crippen LogP contribution in [0.25, 0.3) is 0 Å². The summed E-state index contributed by atoms with van der Waals surface area (Å²) in [4.78, 5) is 0. The van der Waals surface area contributed by atoms with Crippen LogP contribution >= 0.6 is 0 Å². The Hall–Kier alpha value is -1.23. The lowest BCUT2D eigenvalue weighted by Gasteiger charge is -2.12. The van der Waals surface area contributed by atoms with Gasteiger partial charge in [0.05, 0.1) is 11.9 Å². The Morgan fingerprint density at radius 1 is 1.41 bits per heavy atom. The van der Waals surface area contributed by atoms with Gasteiger partial charge in [0.1, 0.15) is 22.6 Å². The van der Waals surface area contributed by atoms with Gasteiger partial charge in [-0.15, -0.1) is 0 Å². The van der Waals surface area contributed by atoms with Crippen LogP contribution in [0.1, 0.15) is 26.3 Å². The number of rotatable bonds is 3. The van der Waals surface area contributed by atoms with E-state index in [1.54, 1.807) is 0 Å². The van der Waals surface area contributed by atoms with Crippen LogP contribution in [0.4, 0.5) is 4.39 Å². The molecule has 17 heavy (non-hydrogen) atoms. The molecule has 0 bridgehead atoms. The zero-order valence-corrected chi connectivity index (χ0v) is 11.2. The first-order valence-corrected chi connectivity index (χ1v) is 6.25. The highest BCUT2D eigenvalue weighted by Crippen LogP contribution is 2.16. The summed E-state index contributed by atoms with van der Waals surface area (Å²) in [5, 5.41) is 0. The summed E-state index contributed by atoms with van der Waals surface area (Å²) >= 11 is 0. The third-order valence-electron chi connectivity index (χ3n) is 2.01. The van der Waals surface area contributed by atoms with E-state index in [1.165, 1.54) is 31.5 Å². The van der Waals surface area contributed by atoms with Crippen LogP contribution in [-0.4, -0.2) is 22.3 Å². The summed E-state index contributed by atoms with van der Waals surface area (Å²) in [7, 11) is 0.109. The van der Waals surface area contributed by atoms with E-state index < -0.39 is 21.5 Å². The lowest BCUT2D eigenvalue weighted by Crippen LogP contribution is -2.19. The molecule has 0 aromatic heterocycles. The zero-order chi connectivity index (χ0) is 13.1. The lowest BCUT2D eigenvalue weighted by atomic mass is 10.2. The summed E-state index contributed by atoms with van der Waals surface area (Å²) in [6.07, 6.45) is 1.28. The van der Waals surface area contributed by atoms with E-state index in [2.05, 4.69) is 4.40 Å². The van der Waals surface area contributed by atoms with Gasteiger partial charge in [0.2, 0.25) is 0 Å². The predicted octanol–water partition coefficient (Wildman–Crippen LogP) is 2.72. The molecule has 0 aliphatic rings. The minimum atomic E-state index is -1.39. The van der Waals surface area contributed by atoms with Crippen LogP contribution in [0.15, 0.2) is 22.6 Å². The first-order valence-electron chi connectivity index (χ1n) is 5.14. The molecule has 94 valence electrons. The maximum atomic E-state index is 13.4. The summed E-state index contributed by atoms with van der Waals surface area (Å²) in [5.41, 5.74) is 0.266. The summed E-state index contributed by atoms with van der Waals surface area (Å²) < 4.78 is 33.5. The zero-order valence-electron chi connectivity index (χ0n) is 10.4. The number of hydrogen-bond donors (Lipinski definition) is 0. The standard InChI is InChI=1S/C12H16FNO2S/c1-12(2,3)17(15)14-8-9-7-10(16-4)5-6-11(9)13/h5-8H,1-4H3. The van der Waals surface area contributed by atoms with E-state index in [9.17, 15) is 8.60 Å². The Kier molecular flexibility index (Phi) is 4.40. The van der Waals surface area contributed by atoms with Gasteiger partial charge in [-0.3, -0.25) is 0 Å². The average molecular weight is 257 g/mol. The van der Waals surface area contributed by atoms with Crippen molar-refractivity contribution >= 4 is 17.2 Å². The van der Waals surface area contributed by atoms with Crippen LogP contribution in [-0.2, 0) is 11.0 Å². The second kappa shape index (κ2) is 5.40. The molecule has 0 aliphatic heterocycles. The van der Waals surface area contributed by atoms with Crippen molar-refractivity contribution in [3.05, 3.63) is 29.6 Å². The Labute approximate surface area is 103 Å². The molecule has 1 atom stereocenters. The maximum absolute atomic E-state index is 13.4. The van der Waals surface area contributed by atoms with Crippen LogP contribution < -0.4 is 4.74 Å². The molecule has 3 nitrogen and oxygen atoms in total. The van der Waals surface area contributed by atoms with E-state index in [0.29, 0.717) is 5.75 Å². The molecule has 0 fully saturated rings. The van der Waals surface area contributed by atoms with Gasteiger partial charge in [0.25, 0.3) is 0 Å². The topological polar surface area (TPSA) is 38.7 Å². The third-order valence-corrected chi connectivity index (χ3v) is 3.36. The molecule has 0 saturated heterocycles. The number of benzene rings is 1. The first-order chi connectivity index (χ1) is 7.84. The highest BCUT2D eigenvalue weighted by molar-refractivity contribution is 7.85. The Balaban J connectivity index is 2.95. The van der Waals surface area contributed by atoms with Crippen molar-refractivity contribution in [2.75, 3.05) is 7.11 Å². The predicted molar refractivity (Wildman–Crippen MR) is 68.4 cm³/mol. The summed E-state index contributed by atoms with van der Waals surface area (Å²) in [6.45, 7) is 5.42. The van der Waals surface area contributed by atoms with Crippen molar-refractivity contribution in [1.82, 2.24) is 0 Å². The number of ether oxygens (including phenoxy) is 1. The van der Waals surface area contributed by atoms with E-state index in [1.807, 2.05) is 20.8 Å². The van der Waals surface area contributed by atoms with Gasteiger partial charge in [-0.2, -0.15) is 4.40 Å². The number of methoxy groups -OCH3 is 1. The van der Waals surface area contributed by atoms with Gasteiger partial charge in [0, 0.05) is 11.8 Å². The SMILES string of the molecule is COc1ccc(F)c(C=NS(=O)C(C)(C)C)c1. The molecular formula is C12H16FNO2S. The average Bonchev–Trinajstić information content (AvgIpc) is 2.26. The lowest BCUT2D eigenvalue weighted by molar-refractivity contribution is 0.413. The van der Waals surface area contributed by atoms with Crippen molar-refractivity contribution in [1.29, 1.82) is 0 Å². The minimum absolute atomic E-state index is 0.266. The molecule has 1 aromatic rings. The monoisotopic (exact) mass is 257 g/mol. The quantitative estimate of drug-likeness (QED) is 0.781. The molecule has 5 heteroatoms. The fraction of sp³-hybridized carbons (Fsp3) is 0.417. The van der Waals surface area contributed by atoms with Gasteiger partial charge >= 0.3 is 0 Å². The molecule has 0 aliphatic carbocycles. The molecular weight excluding hydrogens is 241 g/mol. The van der Waals surface area contributed by atoms with Crippen LogP contribution in [0.5, 0.6) is 5.75 Å². The highest BCUT2D eigenvalue weighted by Gasteiger charge is 2.18. The van der Waals surface area contributed by atoms with Gasteiger partial charge < -0.3 is 4.74 Å². The van der Waals surface area contributed by atoms with Crippen molar-refractivity contribution in [3.63, 3.8) is 0 Å². The fourth-order valence-corrected chi connectivity index (χ4v) is 1.54. The fourth-order valence-electron chi connectivity index (χ4n) is 1.01. The molecule has 0 radical (unpaired) electrons. The molecule has 1 unspecified atom stereocenters. The number of nitrogens with zero attached hydrogens (tertiary/aromatic N) is 1. The number of hydrogen-bond acceptors (Lipinski definition) is 2. The van der Waals surface area contributed by atoms with Gasteiger partial charge in [0.15, 0.2) is 0 Å². The molecule has 0 N–H and O–H groups in total. The maximum Gasteiger partial charge on any atom is 0.144 e. The van der Waals surface area contributed by atoms with Gasteiger partial charge in [-0.1, -0.05) is 0 Å². The van der Waals surface area contributed by atoms with Gasteiger partial charge in [-0.05, 0) is 39.0 Å². The second-order valence-electron chi connectivity index (χ2n) is 4.48. The second-order valence-corrected chi connectivity index (χ2v) is 6.42. The van der Waals surface area contributed by atoms with Crippen molar-refractivity contribution in [2.45, 2.75) is 25.5 Å². The van der Waals surface area contributed by atoms with Gasteiger partial charge in [-0.25, -0.2) is 8.60 Å². The van der Waals surface area contributed by atoms with Crippen LogP contribution in [0.2, 0.25) is 0 Å². The third kappa shape index (κ3) is 3.93. The van der Waals surface area contributed by atoms with Crippen molar-refractivity contribution in [3.8, 4) is 5.75 Å². The molecule has 1 aromatic carbocycles. The first kappa shape index (κ1) is 13.8. The Morgan fingerprint density at radius 3 is 2.59 bits per heavy atom. The summed E-state index contributed by atoms with van der Waals surface area (Å²) in [5.74, 6) is 0.120. The highest BCUT2D eigenvalue weighted by atomic mass is 32.2. The molecule has 1 rings (SSSR count). The van der Waals surface area contributed by atoms with Crippen LogP contribution in [0, 0.1) is 5.82 Å². The number of halogens is 1. The molecule has 0 amide bonds. The molecule has 0 spiro atoms. The Bertz CT molecular complexity index is 452. The van der Waals surface area contributed by atoms with E-state index in [0.717, 1.165) is 0 Å². The smallest absolute Gasteiger partial charge is 0.144 e. The summed E-state index contributed by atoms with van der Waals surface area (Å²) in [6, 6.07) is 4.33. The van der Waals surface area contributed by atoms with Crippen molar-refractivity contribution in [2.24, 2.45) is 4.40 Å². The van der Waals surface area contributed by atoms with Crippen LogP contribution in [0.3, 0.4) is 0 Å². The van der Waals surface area contributed by atoms with E-state index in [4.69, 9.17) is 4.74 Å². The molecule has 0 saturated carbocycles. The largest absolute Gasteiger partial charge is 0.497 e. The Morgan fingerprint density at radius 2 is 2.06 bits per heavy atom. The van der Waals surface area contributed by atoms with Crippen molar-refractivity contribution < 1.29 is 13.3 Å².